The fourth-order valence-corrected chi connectivity index (χ4v) is 4.68. The first-order valence-corrected chi connectivity index (χ1v) is 9.69. The normalized spacial score (nSPS) is 18.8. The van der Waals surface area contributed by atoms with Gasteiger partial charge in [-0.15, -0.1) is 11.3 Å². The molecule has 0 radical (unpaired) electrons. The van der Waals surface area contributed by atoms with E-state index in [2.05, 4.69) is 16.9 Å². The standard InChI is InChI=1S/C19H26N2O3S/c1-10-6-7-12-13(8-10)25-18-15(12)17(23)20-16(21-18)11(2)24-14(22)9-19(3,4)5/h10-11H,6-9H2,1-5H3,(H,20,21,23)/t10-,11-/m0/s1. The Morgan fingerprint density at radius 1 is 1.44 bits per heavy atom. The number of carbonyl (C=O) groups excluding carboxylic acids is 1. The Kier molecular flexibility index (Phi) is 4.75. The monoisotopic (exact) mass is 362 g/mol. The minimum absolute atomic E-state index is 0.120. The van der Waals surface area contributed by atoms with E-state index in [0.717, 1.165) is 35.0 Å². The first-order chi connectivity index (χ1) is 11.6. The van der Waals surface area contributed by atoms with Crippen molar-refractivity contribution in [2.45, 2.75) is 66.4 Å². The molecule has 0 saturated carbocycles. The highest BCUT2D eigenvalue weighted by molar-refractivity contribution is 7.18. The Bertz CT molecular complexity index is 860. The van der Waals surface area contributed by atoms with E-state index in [4.69, 9.17) is 4.74 Å². The molecule has 0 fully saturated rings. The summed E-state index contributed by atoms with van der Waals surface area (Å²) in [5, 5.41) is 0.726. The van der Waals surface area contributed by atoms with Crippen LogP contribution < -0.4 is 5.56 Å². The fraction of sp³-hybridized carbons (Fsp3) is 0.632. The van der Waals surface area contributed by atoms with Gasteiger partial charge in [0, 0.05) is 4.88 Å². The number of hydrogen-bond acceptors (Lipinski definition) is 5. The van der Waals surface area contributed by atoms with Crippen molar-refractivity contribution >= 4 is 27.5 Å². The third-order valence-electron chi connectivity index (χ3n) is 4.55. The van der Waals surface area contributed by atoms with E-state index in [9.17, 15) is 9.59 Å². The maximum atomic E-state index is 12.6. The molecule has 0 saturated heterocycles. The van der Waals surface area contributed by atoms with Crippen molar-refractivity contribution in [2.75, 3.05) is 0 Å². The molecule has 3 rings (SSSR count). The van der Waals surface area contributed by atoms with E-state index in [0.29, 0.717) is 18.2 Å². The zero-order chi connectivity index (χ0) is 18.4. The van der Waals surface area contributed by atoms with Crippen molar-refractivity contribution in [1.82, 2.24) is 9.97 Å². The lowest BCUT2D eigenvalue weighted by Gasteiger charge is -2.19. The van der Waals surface area contributed by atoms with Crippen molar-refractivity contribution in [3.05, 3.63) is 26.6 Å². The lowest BCUT2D eigenvalue weighted by Crippen LogP contribution is -2.20. The molecule has 1 N–H and O–H groups in total. The highest BCUT2D eigenvalue weighted by Crippen LogP contribution is 2.36. The third-order valence-corrected chi connectivity index (χ3v) is 5.70. The van der Waals surface area contributed by atoms with Crippen LogP contribution in [0.15, 0.2) is 4.79 Å². The molecule has 0 spiro atoms. The van der Waals surface area contributed by atoms with Crippen molar-refractivity contribution in [1.29, 1.82) is 0 Å². The van der Waals surface area contributed by atoms with Gasteiger partial charge in [0.05, 0.1) is 11.8 Å². The molecule has 0 aromatic carbocycles. The van der Waals surface area contributed by atoms with Gasteiger partial charge in [0.2, 0.25) is 0 Å². The number of thiophene rings is 1. The quantitative estimate of drug-likeness (QED) is 0.833. The highest BCUT2D eigenvalue weighted by atomic mass is 32.1. The number of aromatic amines is 1. The van der Waals surface area contributed by atoms with E-state index in [-0.39, 0.29) is 16.9 Å². The highest BCUT2D eigenvalue weighted by Gasteiger charge is 2.25. The second kappa shape index (κ2) is 6.56. The Morgan fingerprint density at radius 3 is 2.84 bits per heavy atom. The predicted octanol–water partition coefficient (Wildman–Crippen LogP) is 4.15. The van der Waals surface area contributed by atoms with Crippen LogP contribution >= 0.6 is 11.3 Å². The average molecular weight is 362 g/mol. The van der Waals surface area contributed by atoms with Gasteiger partial charge in [0.15, 0.2) is 11.9 Å². The molecular formula is C19H26N2O3S. The van der Waals surface area contributed by atoms with E-state index in [1.807, 2.05) is 20.8 Å². The topological polar surface area (TPSA) is 72.0 Å². The van der Waals surface area contributed by atoms with Crippen LogP contribution in [0.25, 0.3) is 10.2 Å². The largest absolute Gasteiger partial charge is 0.454 e. The molecule has 0 bridgehead atoms. The number of aryl methyl sites for hydroxylation is 1. The fourth-order valence-electron chi connectivity index (χ4n) is 3.29. The molecule has 0 aliphatic heterocycles. The Hall–Kier alpha value is -1.69. The molecule has 136 valence electrons. The Labute approximate surface area is 151 Å². The molecule has 1 aliphatic rings. The van der Waals surface area contributed by atoms with Gasteiger partial charge in [-0.05, 0) is 43.1 Å². The van der Waals surface area contributed by atoms with Crippen LogP contribution in [0.3, 0.4) is 0 Å². The number of rotatable bonds is 3. The van der Waals surface area contributed by atoms with Gasteiger partial charge in [-0.3, -0.25) is 9.59 Å². The summed E-state index contributed by atoms with van der Waals surface area (Å²) in [7, 11) is 0. The molecule has 2 atom stereocenters. The van der Waals surface area contributed by atoms with Gasteiger partial charge in [-0.1, -0.05) is 27.7 Å². The van der Waals surface area contributed by atoms with E-state index < -0.39 is 6.10 Å². The summed E-state index contributed by atoms with van der Waals surface area (Å²) in [6, 6.07) is 0. The van der Waals surface area contributed by atoms with E-state index in [1.54, 1.807) is 18.3 Å². The number of ether oxygens (including phenoxy) is 1. The minimum atomic E-state index is -0.565. The summed E-state index contributed by atoms with van der Waals surface area (Å²) >= 11 is 1.61. The summed E-state index contributed by atoms with van der Waals surface area (Å²) in [6.07, 6.45) is 2.83. The zero-order valence-corrected chi connectivity index (χ0v) is 16.4. The molecule has 25 heavy (non-hydrogen) atoms. The van der Waals surface area contributed by atoms with Crippen LogP contribution in [0.1, 0.15) is 69.8 Å². The summed E-state index contributed by atoms with van der Waals surface area (Å²) in [4.78, 5) is 34.1. The smallest absolute Gasteiger partial charge is 0.307 e. The van der Waals surface area contributed by atoms with Crippen molar-refractivity contribution in [3.63, 3.8) is 0 Å². The maximum absolute atomic E-state index is 12.6. The van der Waals surface area contributed by atoms with Crippen LogP contribution in [0, 0.1) is 11.3 Å². The summed E-state index contributed by atoms with van der Waals surface area (Å²) in [5.41, 5.74) is 0.909. The minimum Gasteiger partial charge on any atom is -0.454 e. The van der Waals surface area contributed by atoms with Crippen LogP contribution in [0.4, 0.5) is 0 Å². The lowest BCUT2D eigenvalue weighted by atomic mass is 9.89. The van der Waals surface area contributed by atoms with Crippen LogP contribution in [-0.4, -0.2) is 15.9 Å². The molecule has 6 heteroatoms. The number of hydrogen-bond donors (Lipinski definition) is 1. The number of aromatic nitrogens is 2. The third kappa shape index (κ3) is 3.94. The van der Waals surface area contributed by atoms with Gasteiger partial charge >= 0.3 is 5.97 Å². The molecular weight excluding hydrogens is 336 g/mol. The van der Waals surface area contributed by atoms with Gasteiger partial charge in [0.25, 0.3) is 5.56 Å². The van der Waals surface area contributed by atoms with Gasteiger partial charge in [0.1, 0.15) is 4.83 Å². The average Bonchev–Trinajstić information content (AvgIpc) is 2.82. The van der Waals surface area contributed by atoms with Crippen LogP contribution in [0.5, 0.6) is 0 Å². The number of nitrogens with one attached hydrogen (secondary N) is 1. The molecule has 1 aliphatic carbocycles. The SMILES string of the molecule is C[C@H]1CCc2c(sc3nc([C@H](C)OC(=O)CC(C)(C)C)[nH]c(=O)c23)C1. The van der Waals surface area contributed by atoms with E-state index >= 15 is 0 Å². The van der Waals surface area contributed by atoms with Gasteiger partial charge < -0.3 is 9.72 Å². The summed E-state index contributed by atoms with van der Waals surface area (Å²) < 4.78 is 5.47. The Balaban J connectivity index is 1.88. The first kappa shape index (κ1) is 18.1. The summed E-state index contributed by atoms with van der Waals surface area (Å²) in [6.45, 7) is 9.96. The molecule has 0 unspecified atom stereocenters. The second-order valence-corrected chi connectivity index (χ2v) is 9.44. The van der Waals surface area contributed by atoms with Crippen molar-refractivity contribution < 1.29 is 9.53 Å². The predicted molar refractivity (Wildman–Crippen MR) is 100 cm³/mol. The summed E-state index contributed by atoms with van der Waals surface area (Å²) in [5.74, 6) is 0.796. The first-order valence-electron chi connectivity index (χ1n) is 8.88. The van der Waals surface area contributed by atoms with Crippen LogP contribution in [0.2, 0.25) is 0 Å². The Morgan fingerprint density at radius 2 is 2.16 bits per heavy atom. The van der Waals surface area contributed by atoms with Gasteiger partial charge in [-0.2, -0.15) is 0 Å². The number of esters is 1. The molecule has 5 nitrogen and oxygen atoms in total. The van der Waals surface area contributed by atoms with E-state index in [1.165, 1.54) is 4.88 Å². The number of fused-ring (bicyclic) bond motifs is 3. The second-order valence-electron chi connectivity index (χ2n) is 8.35. The number of nitrogens with zero attached hydrogens (tertiary/aromatic N) is 1. The van der Waals surface area contributed by atoms with Crippen molar-refractivity contribution in [3.8, 4) is 0 Å². The van der Waals surface area contributed by atoms with Gasteiger partial charge in [-0.25, -0.2) is 4.98 Å². The maximum Gasteiger partial charge on any atom is 0.307 e. The zero-order valence-electron chi connectivity index (χ0n) is 15.6. The number of H-pyrrole nitrogens is 1. The van der Waals surface area contributed by atoms with Crippen LogP contribution in [-0.2, 0) is 22.4 Å². The molecule has 0 amide bonds. The number of carbonyl (C=O) groups is 1. The molecule has 2 aromatic heterocycles. The van der Waals surface area contributed by atoms with Crippen molar-refractivity contribution in [2.24, 2.45) is 11.3 Å². The molecule has 2 heterocycles. The molecule has 2 aromatic rings. The lowest BCUT2D eigenvalue weighted by molar-refractivity contribution is -0.151.